The molecular formula is C18H21Cl2N3O. The Kier molecular flexibility index (Phi) is 4.10. The van der Waals surface area contributed by atoms with Crippen LogP contribution >= 0.6 is 23.2 Å². The summed E-state index contributed by atoms with van der Waals surface area (Å²) < 4.78 is 1.86. The highest BCUT2D eigenvalue weighted by molar-refractivity contribution is 6.42. The maximum Gasteiger partial charge on any atom is 0.261 e. The summed E-state index contributed by atoms with van der Waals surface area (Å²) in [5.41, 5.74) is 0.664. The Balaban J connectivity index is 1.88. The molecule has 6 heteroatoms. The maximum absolute atomic E-state index is 12.9. The smallest absolute Gasteiger partial charge is 0.261 e. The number of halogens is 2. The number of aromatic nitrogens is 2. The second kappa shape index (κ2) is 6.01. The lowest BCUT2D eigenvalue weighted by Gasteiger charge is -2.46. The topological polar surface area (TPSA) is 38.1 Å². The monoisotopic (exact) mass is 365 g/mol. The van der Waals surface area contributed by atoms with E-state index in [4.69, 9.17) is 28.2 Å². The molecule has 3 heterocycles. The van der Waals surface area contributed by atoms with Crippen molar-refractivity contribution >= 4 is 34.1 Å². The van der Waals surface area contributed by atoms with Crippen LogP contribution in [0.1, 0.15) is 44.9 Å². The fourth-order valence-electron chi connectivity index (χ4n) is 4.39. The molecule has 1 saturated heterocycles. The van der Waals surface area contributed by atoms with E-state index in [1.807, 2.05) is 4.57 Å². The lowest BCUT2D eigenvalue weighted by atomic mass is 9.83. The Bertz CT molecular complexity index is 861. The number of likely N-dealkylation sites (tertiary alicyclic amines) is 1. The van der Waals surface area contributed by atoms with E-state index in [0.717, 1.165) is 38.2 Å². The van der Waals surface area contributed by atoms with Crippen LogP contribution in [0.5, 0.6) is 0 Å². The molecule has 1 aromatic heterocycles. The van der Waals surface area contributed by atoms with E-state index in [1.54, 1.807) is 12.1 Å². The van der Waals surface area contributed by atoms with Gasteiger partial charge in [-0.3, -0.25) is 14.3 Å². The first-order chi connectivity index (χ1) is 11.5. The van der Waals surface area contributed by atoms with Gasteiger partial charge in [0.15, 0.2) is 0 Å². The Morgan fingerprint density at radius 1 is 1.17 bits per heavy atom. The van der Waals surface area contributed by atoms with Crippen LogP contribution in [0.25, 0.3) is 10.9 Å². The summed E-state index contributed by atoms with van der Waals surface area (Å²) in [5, 5.41) is 1.41. The Morgan fingerprint density at radius 2 is 1.92 bits per heavy atom. The molecule has 2 aliphatic heterocycles. The van der Waals surface area contributed by atoms with Gasteiger partial charge in [0.05, 0.1) is 20.9 Å². The van der Waals surface area contributed by atoms with Crippen molar-refractivity contribution in [2.45, 2.75) is 57.7 Å². The molecule has 2 aliphatic rings. The molecular weight excluding hydrogens is 345 g/mol. The highest BCUT2D eigenvalue weighted by Gasteiger charge is 2.39. The number of benzene rings is 1. The highest BCUT2D eigenvalue weighted by atomic mass is 35.5. The molecule has 0 saturated carbocycles. The van der Waals surface area contributed by atoms with Crippen molar-refractivity contribution < 1.29 is 0 Å². The van der Waals surface area contributed by atoms with Crippen molar-refractivity contribution in [3.63, 3.8) is 0 Å². The molecule has 2 aromatic rings. The molecule has 24 heavy (non-hydrogen) atoms. The van der Waals surface area contributed by atoms with Gasteiger partial charge < -0.3 is 0 Å². The van der Waals surface area contributed by atoms with Gasteiger partial charge in [0, 0.05) is 24.5 Å². The van der Waals surface area contributed by atoms with Gasteiger partial charge in [-0.25, -0.2) is 4.98 Å². The molecule has 4 nitrogen and oxygen atoms in total. The average molecular weight is 366 g/mol. The van der Waals surface area contributed by atoms with E-state index in [1.165, 1.54) is 0 Å². The molecule has 128 valence electrons. The van der Waals surface area contributed by atoms with Gasteiger partial charge in [0.1, 0.15) is 5.82 Å². The van der Waals surface area contributed by atoms with Crippen LogP contribution in [-0.2, 0) is 6.54 Å². The predicted molar refractivity (Wildman–Crippen MR) is 98.2 cm³/mol. The zero-order valence-corrected chi connectivity index (χ0v) is 15.4. The van der Waals surface area contributed by atoms with Gasteiger partial charge in [-0.2, -0.15) is 0 Å². The minimum absolute atomic E-state index is 0.00804. The number of rotatable bonds is 1. The largest absolute Gasteiger partial charge is 0.297 e. The normalized spacial score (nSPS) is 24.2. The van der Waals surface area contributed by atoms with E-state index >= 15 is 0 Å². The zero-order chi connectivity index (χ0) is 17.0. The Labute approximate surface area is 151 Å². The van der Waals surface area contributed by atoms with Crippen molar-refractivity contribution in [1.82, 2.24) is 14.5 Å². The van der Waals surface area contributed by atoms with E-state index in [2.05, 4.69) is 18.7 Å². The molecule has 0 aliphatic carbocycles. The number of fused-ring (bicyclic) bond motifs is 4. The fourth-order valence-corrected chi connectivity index (χ4v) is 4.71. The predicted octanol–water partition coefficient (Wildman–Crippen LogP) is 4.06. The maximum atomic E-state index is 12.9. The van der Waals surface area contributed by atoms with Gasteiger partial charge in [-0.05, 0) is 51.8 Å². The van der Waals surface area contributed by atoms with Crippen molar-refractivity contribution in [1.29, 1.82) is 0 Å². The summed E-state index contributed by atoms with van der Waals surface area (Å²) in [5.74, 6) is 1.24. The van der Waals surface area contributed by atoms with Crippen LogP contribution in [0, 0.1) is 0 Å². The Morgan fingerprint density at radius 3 is 2.67 bits per heavy atom. The zero-order valence-electron chi connectivity index (χ0n) is 13.9. The van der Waals surface area contributed by atoms with Crippen LogP contribution in [0.2, 0.25) is 10.0 Å². The van der Waals surface area contributed by atoms with Crippen LogP contribution < -0.4 is 5.56 Å². The third kappa shape index (κ3) is 2.47. The van der Waals surface area contributed by atoms with Crippen molar-refractivity contribution in [3.8, 4) is 0 Å². The first kappa shape index (κ1) is 16.4. The quantitative estimate of drug-likeness (QED) is 0.764. The number of piperidine rings is 1. The van der Waals surface area contributed by atoms with Crippen molar-refractivity contribution in [2.75, 3.05) is 6.54 Å². The molecule has 0 amide bonds. The minimum Gasteiger partial charge on any atom is -0.297 e. The summed E-state index contributed by atoms with van der Waals surface area (Å²) in [7, 11) is 0. The van der Waals surface area contributed by atoms with E-state index < -0.39 is 0 Å². The standard InChI is InChI=1S/C18H21Cl2N3O/c1-10(2)22-6-3-4-11-16(22)5-7-23-17(11)21-15-9-14(20)13(19)8-12(15)18(23)24/h8-11,16H,3-7H2,1-2H3/t11-,16+/m0/s1. The summed E-state index contributed by atoms with van der Waals surface area (Å²) >= 11 is 12.2. The first-order valence-electron chi connectivity index (χ1n) is 8.62. The summed E-state index contributed by atoms with van der Waals surface area (Å²) in [6.45, 7) is 6.36. The molecule has 0 radical (unpaired) electrons. The summed E-state index contributed by atoms with van der Waals surface area (Å²) in [4.78, 5) is 20.4. The number of nitrogens with zero attached hydrogens (tertiary/aromatic N) is 3. The molecule has 0 spiro atoms. The lowest BCUT2D eigenvalue weighted by molar-refractivity contribution is 0.0679. The lowest BCUT2D eigenvalue weighted by Crippen LogP contribution is -2.52. The van der Waals surface area contributed by atoms with Crippen molar-refractivity contribution in [3.05, 3.63) is 38.4 Å². The minimum atomic E-state index is 0.00804. The molecule has 1 aromatic carbocycles. The second-order valence-corrected chi connectivity index (χ2v) is 7.96. The first-order valence-corrected chi connectivity index (χ1v) is 9.38. The average Bonchev–Trinajstić information content (AvgIpc) is 2.56. The summed E-state index contributed by atoms with van der Waals surface area (Å²) in [6, 6.07) is 4.36. The molecule has 0 bridgehead atoms. The third-order valence-electron chi connectivity index (χ3n) is 5.49. The van der Waals surface area contributed by atoms with Gasteiger partial charge in [0.2, 0.25) is 0 Å². The van der Waals surface area contributed by atoms with E-state index in [0.29, 0.717) is 38.9 Å². The van der Waals surface area contributed by atoms with Gasteiger partial charge >= 0.3 is 0 Å². The van der Waals surface area contributed by atoms with Crippen LogP contribution in [0.4, 0.5) is 0 Å². The van der Waals surface area contributed by atoms with Gasteiger partial charge in [-0.15, -0.1) is 0 Å². The third-order valence-corrected chi connectivity index (χ3v) is 6.21. The van der Waals surface area contributed by atoms with E-state index in [-0.39, 0.29) is 5.56 Å². The molecule has 2 atom stereocenters. The van der Waals surface area contributed by atoms with Gasteiger partial charge in [0.25, 0.3) is 5.56 Å². The fraction of sp³-hybridized carbons (Fsp3) is 0.556. The van der Waals surface area contributed by atoms with Crippen LogP contribution in [-0.4, -0.2) is 33.1 Å². The number of hydrogen-bond donors (Lipinski definition) is 0. The summed E-state index contributed by atoms with van der Waals surface area (Å²) in [6.07, 6.45) is 3.24. The number of hydrogen-bond acceptors (Lipinski definition) is 3. The SMILES string of the molecule is CC(C)N1CCC[C@@H]2c3nc4cc(Cl)c(Cl)cc4c(=O)n3CC[C@H]21. The highest BCUT2D eigenvalue weighted by Crippen LogP contribution is 2.38. The van der Waals surface area contributed by atoms with E-state index in [9.17, 15) is 4.79 Å². The molecule has 0 unspecified atom stereocenters. The van der Waals surface area contributed by atoms with Crippen molar-refractivity contribution in [2.24, 2.45) is 0 Å². The second-order valence-electron chi connectivity index (χ2n) is 7.15. The Hall–Kier alpha value is -1.10. The van der Waals surface area contributed by atoms with Crippen LogP contribution in [0.15, 0.2) is 16.9 Å². The molecule has 1 fully saturated rings. The molecule has 4 rings (SSSR count). The van der Waals surface area contributed by atoms with Crippen LogP contribution in [0.3, 0.4) is 0 Å². The molecule has 0 N–H and O–H groups in total. The van der Waals surface area contributed by atoms with Gasteiger partial charge in [-0.1, -0.05) is 23.2 Å².